The fourth-order valence-electron chi connectivity index (χ4n) is 0.296. The highest BCUT2D eigenvalue weighted by Gasteiger charge is 1.97. The predicted molar refractivity (Wildman–Crippen MR) is 39.3 cm³/mol. The lowest BCUT2D eigenvalue weighted by atomic mass is 10.3. The molecule has 0 saturated carbocycles. The van der Waals surface area contributed by atoms with Crippen LogP contribution in [0.4, 0.5) is 4.39 Å². The zero-order valence-electron chi connectivity index (χ0n) is 5.36. The van der Waals surface area contributed by atoms with Crippen molar-refractivity contribution >= 4 is 12.4 Å². The van der Waals surface area contributed by atoms with E-state index in [4.69, 9.17) is 5.73 Å². The van der Waals surface area contributed by atoms with Crippen molar-refractivity contribution in [1.82, 2.24) is 0 Å². The Kier molecular flexibility index (Phi) is 9.91. The first-order chi connectivity index (χ1) is 3.81. The molecule has 3 heteroatoms. The molecule has 2 N–H and O–H groups in total. The largest absolute Gasteiger partial charge is 0.328 e. The molecule has 1 unspecified atom stereocenters. The van der Waals surface area contributed by atoms with Crippen molar-refractivity contribution in [1.29, 1.82) is 0 Å². The number of hydrogen-bond acceptors (Lipinski definition) is 1. The van der Waals surface area contributed by atoms with Gasteiger partial charge in [-0.25, -0.2) is 4.39 Å². The molecule has 0 aliphatic heterocycles. The Bertz CT molecular complexity index is 105. The third kappa shape index (κ3) is 7.74. The fourth-order valence-corrected chi connectivity index (χ4v) is 0.296. The van der Waals surface area contributed by atoms with E-state index in [2.05, 4.69) is 11.8 Å². The number of halogens is 2. The topological polar surface area (TPSA) is 26.0 Å². The number of hydrogen-bond donors (Lipinski definition) is 1. The SMILES string of the molecule is CC#CCC(F)CN.Cl. The van der Waals surface area contributed by atoms with Crippen LogP contribution in [0, 0.1) is 11.8 Å². The van der Waals surface area contributed by atoms with Gasteiger partial charge >= 0.3 is 0 Å². The van der Waals surface area contributed by atoms with Crippen LogP contribution in [0.2, 0.25) is 0 Å². The summed E-state index contributed by atoms with van der Waals surface area (Å²) in [6.45, 7) is 1.76. The second-order valence-electron chi connectivity index (χ2n) is 1.46. The summed E-state index contributed by atoms with van der Waals surface area (Å²) < 4.78 is 12.1. The normalized spacial score (nSPS) is 10.6. The molecule has 0 aromatic carbocycles. The summed E-state index contributed by atoms with van der Waals surface area (Å²) in [6.07, 6.45) is -0.671. The highest BCUT2D eigenvalue weighted by Crippen LogP contribution is 1.91. The molecule has 0 bridgehead atoms. The molecule has 54 valence electrons. The minimum Gasteiger partial charge on any atom is -0.328 e. The number of nitrogens with two attached hydrogens (primary N) is 1. The van der Waals surface area contributed by atoms with E-state index in [1.165, 1.54) is 0 Å². The first-order valence-electron chi connectivity index (χ1n) is 2.55. The molecule has 0 aromatic heterocycles. The molecule has 0 rings (SSSR count). The van der Waals surface area contributed by atoms with Gasteiger partial charge in [-0.3, -0.25) is 0 Å². The Morgan fingerprint density at radius 1 is 1.67 bits per heavy atom. The molecule has 0 aliphatic rings. The van der Waals surface area contributed by atoms with Crippen molar-refractivity contribution in [3.8, 4) is 11.8 Å². The Balaban J connectivity index is 0. The van der Waals surface area contributed by atoms with Crippen molar-refractivity contribution in [3.63, 3.8) is 0 Å². The van der Waals surface area contributed by atoms with Gasteiger partial charge in [0.2, 0.25) is 0 Å². The molecule has 0 heterocycles. The second kappa shape index (κ2) is 7.74. The molecule has 0 amide bonds. The van der Waals surface area contributed by atoms with Crippen LogP contribution in [0.3, 0.4) is 0 Å². The summed E-state index contributed by atoms with van der Waals surface area (Å²) in [5, 5.41) is 0. The van der Waals surface area contributed by atoms with Gasteiger partial charge in [0.05, 0.1) is 0 Å². The van der Waals surface area contributed by atoms with Crippen molar-refractivity contribution in [2.75, 3.05) is 6.54 Å². The zero-order chi connectivity index (χ0) is 6.41. The van der Waals surface area contributed by atoms with Gasteiger partial charge in [-0.2, -0.15) is 0 Å². The Morgan fingerprint density at radius 2 is 2.22 bits per heavy atom. The molecule has 0 spiro atoms. The van der Waals surface area contributed by atoms with E-state index in [0.29, 0.717) is 0 Å². The van der Waals surface area contributed by atoms with Crippen LogP contribution < -0.4 is 5.73 Å². The van der Waals surface area contributed by atoms with E-state index in [0.717, 1.165) is 0 Å². The van der Waals surface area contributed by atoms with Gasteiger partial charge < -0.3 is 5.73 Å². The molecule has 9 heavy (non-hydrogen) atoms. The Morgan fingerprint density at radius 3 is 2.56 bits per heavy atom. The van der Waals surface area contributed by atoms with Crippen LogP contribution in [0.1, 0.15) is 13.3 Å². The summed E-state index contributed by atoms with van der Waals surface area (Å²) in [4.78, 5) is 0. The minimum atomic E-state index is -0.942. The van der Waals surface area contributed by atoms with E-state index in [1.807, 2.05) is 0 Å². The summed E-state index contributed by atoms with van der Waals surface area (Å²) in [5.74, 6) is 5.18. The summed E-state index contributed by atoms with van der Waals surface area (Å²) in [6, 6.07) is 0. The lowest BCUT2D eigenvalue weighted by molar-refractivity contribution is 0.349. The zero-order valence-corrected chi connectivity index (χ0v) is 6.17. The third-order valence-corrected chi connectivity index (χ3v) is 0.756. The summed E-state index contributed by atoms with van der Waals surface area (Å²) >= 11 is 0. The van der Waals surface area contributed by atoms with Crippen molar-refractivity contribution in [2.45, 2.75) is 19.5 Å². The van der Waals surface area contributed by atoms with Crippen molar-refractivity contribution in [2.24, 2.45) is 5.73 Å². The first-order valence-corrected chi connectivity index (χ1v) is 2.55. The van der Waals surface area contributed by atoms with Gasteiger partial charge in [0, 0.05) is 13.0 Å². The van der Waals surface area contributed by atoms with Gasteiger partial charge in [-0.05, 0) is 6.92 Å². The molecule has 0 fully saturated rings. The molecule has 0 radical (unpaired) electrons. The fraction of sp³-hybridized carbons (Fsp3) is 0.667. The molecular weight excluding hydrogens is 141 g/mol. The van der Waals surface area contributed by atoms with Crippen LogP contribution >= 0.6 is 12.4 Å². The average Bonchev–Trinajstić information content (AvgIpc) is 1.83. The van der Waals surface area contributed by atoms with Crippen LogP contribution in [0.15, 0.2) is 0 Å². The predicted octanol–water partition coefficient (Wildman–Crippen LogP) is 1.12. The lowest BCUT2D eigenvalue weighted by Crippen LogP contribution is -2.13. The van der Waals surface area contributed by atoms with E-state index in [9.17, 15) is 4.39 Å². The lowest BCUT2D eigenvalue weighted by Gasteiger charge is -1.94. The maximum atomic E-state index is 12.1. The standard InChI is InChI=1S/C6H10FN.ClH/c1-2-3-4-6(7)5-8;/h6H,4-5,8H2,1H3;1H. The maximum Gasteiger partial charge on any atom is 0.123 e. The van der Waals surface area contributed by atoms with Gasteiger partial charge in [0.15, 0.2) is 0 Å². The van der Waals surface area contributed by atoms with Crippen LogP contribution in [0.5, 0.6) is 0 Å². The van der Waals surface area contributed by atoms with E-state index >= 15 is 0 Å². The van der Waals surface area contributed by atoms with Gasteiger partial charge in [-0.1, -0.05) is 0 Å². The molecule has 1 atom stereocenters. The Labute approximate surface area is 61.2 Å². The minimum absolute atomic E-state index is 0. The molecule has 0 saturated heterocycles. The van der Waals surface area contributed by atoms with Crippen molar-refractivity contribution in [3.05, 3.63) is 0 Å². The van der Waals surface area contributed by atoms with E-state index in [1.54, 1.807) is 6.92 Å². The summed E-state index contributed by atoms with van der Waals surface area (Å²) in [5.41, 5.74) is 4.97. The first kappa shape index (κ1) is 11.5. The number of alkyl halides is 1. The van der Waals surface area contributed by atoms with Gasteiger partial charge in [0.1, 0.15) is 6.17 Å². The molecular formula is C6H11ClFN. The third-order valence-electron chi connectivity index (χ3n) is 0.756. The quantitative estimate of drug-likeness (QED) is 0.589. The molecule has 0 aromatic rings. The second-order valence-corrected chi connectivity index (χ2v) is 1.46. The molecule has 0 aliphatic carbocycles. The Hall–Kier alpha value is -0.260. The number of rotatable bonds is 2. The van der Waals surface area contributed by atoms with Crippen LogP contribution in [-0.2, 0) is 0 Å². The monoisotopic (exact) mass is 151 g/mol. The average molecular weight is 152 g/mol. The van der Waals surface area contributed by atoms with Crippen LogP contribution in [0.25, 0.3) is 0 Å². The van der Waals surface area contributed by atoms with E-state index < -0.39 is 6.17 Å². The summed E-state index contributed by atoms with van der Waals surface area (Å²) in [7, 11) is 0. The smallest absolute Gasteiger partial charge is 0.123 e. The van der Waals surface area contributed by atoms with Gasteiger partial charge in [0.25, 0.3) is 0 Å². The van der Waals surface area contributed by atoms with Gasteiger partial charge in [-0.15, -0.1) is 24.2 Å². The maximum absolute atomic E-state index is 12.1. The highest BCUT2D eigenvalue weighted by molar-refractivity contribution is 5.85. The van der Waals surface area contributed by atoms with E-state index in [-0.39, 0.29) is 25.4 Å². The molecule has 1 nitrogen and oxygen atoms in total. The highest BCUT2D eigenvalue weighted by atomic mass is 35.5. The van der Waals surface area contributed by atoms with Crippen LogP contribution in [-0.4, -0.2) is 12.7 Å². The van der Waals surface area contributed by atoms with Crippen molar-refractivity contribution < 1.29 is 4.39 Å².